The Morgan fingerprint density at radius 1 is 1.05 bits per heavy atom. The standard InChI is InChI=1S/C14H24O8/c1-4-14(9-19-3,13(17)18)10-22-12(16)8-21-6-5-20-7-11(2)15/h4-10H2,1-3H3,(H,17,18). The summed E-state index contributed by atoms with van der Waals surface area (Å²) < 4.78 is 19.8. The van der Waals surface area contributed by atoms with E-state index >= 15 is 0 Å². The second-order valence-corrected chi connectivity index (χ2v) is 4.84. The van der Waals surface area contributed by atoms with Crippen LogP contribution in [0.5, 0.6) is 0 Å². The molecular formula is C14H24O8. The highest BCUT2D eigenvalue weighted by Gasteiger charge is 2.38. The van der Waals surface area contributed by atoms with E-state index in [1.165, 1.54) is 14.0 Å². The summed E-state index contributed by atoms with van der Waals surface area (Å²) in [5, 5.41) is 9.24. The van der Waals surface area contributed by atoms with Crippen molar-refractivity contribution in [1.29, 1.82) is 0 Å². The number of aliphatic carboxylic acids is 1. The van der Waals surface area contributed by atoms with Crippen LogP contribution in [0.25, 0.3) is 0 Å². The molecule has 8 nitrogen and oxygen atoms in total. The number of esters is 1. The van der Waals surface area contributed by atoms with Crippen molar-refractivity contribution < 1.29 is 38.4 Å². The van der Waals surface area contributed by atoms with Crippen molar-refractivity contribution in [1.82, 2.24) is 0 Å². The van der Waals surface area contributed by atoms with Crippen molar-refractivity contribution in [2.45, 2.75) is 20.3 Å². The molecule has 1 atom stereocenters. The van der Waals surface area contributed by atoms with E-state index in [0.29, 0.717) is 0 Å². The van der Waals surface area contributed by atoms with Crippen LogP contribution in [-0.4, -0.2) is 69.6 Å². The molecule has 0 saturated carbocycles. The number of carbonyl (C=O) groups is 3. The maximum absolute atomic E-state index is 11.5. The Hall–Kier alpha value is -1.51. The Labute approximate surface area is 129 Å². The molecule has 0 aromatic carbocycles. The summed E-state index contributed by atoms with van der Waals surface area (Å²) in [5.41, 5.74) is -1.25. The Morgan fingerprint density at radius 2 is 1.64 bits per heavy atom. The van der Waals surface area contributed by atoms with Crippen LogP contribution in [0.2, 0.25) is 0 Å². The highest BCUT2D eigenvalue weighted by Crippen LogP contribution is 2.23. The van der Waals surface area contributed by atoms with Crippen LogP contribution in [0.3, 0.4) is 0 Å². The average molecular weight is 320 g/mol. The van der Waals surface area contributed by atoms with Crippen LogP contribution in [0, 0.1) is 5.41 Å². The van der Waals surface area contributed by atoms with Crippen molar-refractivity contribution in [2.24, 2.45) is 5.41 Å². The fourth-order valence-electron chi connectivity index (χ4n) is 1.55. The summed E-state index contributed by atoms with van der Waals surface area (Å²) in [4.78, 5) is 33.4. The van der Waals surface area contributed by atoms with E-state index in [1.807, 2.05) is 0 Å². The topological polar surface area (TPSA) is 108 Å². The Morgan fingerprint density at radius 3 is 2.09 bits per heavy atom. The van der Waals surface area contributed by atoms with Gasteiger partial charge < -0.3 is 24.1 Å². The maximum atomic E-state index is 11.5. The molecule has 8 heteroatoms. The third kappa shape index (κ3) is 8.06. The van der Waals surface area contributed by atoms with E-state index in [1.54, 1.807) is 6.92 Å². The van der Waals surface area contributed by atoms with Gasteiger partial charge in [-0.3, -0.25) is 9.59 Å². The monoisotopic (exact) mass is 320 g/mol. The number of carboxylic acid groups (broad SMARTS) is 1. The van der Waals surface area contributed by atoms with Gasteiger partial charge in [-0.15, -0.1) is 0 Å². The fraction of sp³-hybridized carbons (Fsp3) is 0.786. The molecule has 0 aliphatic heterocycles. The van der Waals surface area contributed by atoms with E-state index < -0.39 is 17.4 Å². The number of hydrogen-bond acceptors (Lipinski definition) is 7. The minimum atomic E-state index is -1.25. The largest absolute Gasteiger partial charge is 0.481 e. The van der Waals surface area contributed by atoms with Gasteiger partial charge >= 0.3 is 11.9 Å². The molecule has 0 aromatic heterocycles. The van der Waals surface area contributed by atoms with Gasteiger partial charge in [0, 0.05) is 7.11 Å². The van der Waals surface area contributed by atoms with Gasteiger partial charge in [0.2, 0.25) is 0 Å². The predicted molar refractivity (Wildman–Crippen MR) is 75.5 cm³/mol. The molecule has 0 spiro atoms. The van der Waals surface area contributed by atoms with Crippen LogP contribution >= 0.6 is 0 Å². The molecular weight excluding hydrogens is 296 g/mol. The third-order valence-corrected chi connectivity index (χ3v) is 2.96. The zero-order valence-electron chi connectivity index (χ0n) is 13.3. The van der Waals surface area contributed by atoms with Crippen LogP contribution in [-0.2, 0) is 33.3 Å². The zero-order chi connectivity index (χ0) is 17.0. The molecule has 0 aliphatic carbocycles. The number of ketones is 1. The number of ether oxygens (including phenoxy) is 4. The lowest BCUT2D eigenvalue weighted by Gasteiger charge is -2.26. The highest BCUT2D eigenvalue weighted by atomic mass is 16.6. The van der Waals surface area contributed by atoms with E-state index in [2.05, 4.69) is 0 Å². The smallest absolute Gasteiger partial charge is 0.332 e. The first-order valence-electron chi connectivity index (χ1n) is 6.91. The van der Waals surface area contributed by atoms with Gasteiger partial charge in [0.25, 0.3) is 0 Å². The van der Waals surface area contributed by atoms with Crippen LogP contribution in [0.4, 0.5) is 0 Å². The molecule has 0 bridgehead atoms. The Kier molecular flexibility index (Phi) is 10.3. The Bertz CT molecular complexity index is 368. The van der Waals surface area contributed by atoms with E-state index in [9.17, 15) is 19.5 Å². The zero-order valence-corrected chi connectivity index (χ0v) is 13.3. The molecule has 0 amide bonds. The second-order valence-electron chi connectivity index (χ2n) is 4.84. The van der Waals surface area contributed by atoms with Crippen LogP contribution in [0.15, 0.2) is 0 Å². The van der Waals surface area contributed by atoms with Crippen molar-refractivity contribution in [2.75, 3.05) is 46.8 Å². The SMILES string of the molecule is CCC(COC)(COC(=O)COCCOCC(C)=O)C(=O)O. The summed E-state index contributed by atoms with van der Waals surface area (Å²) in [6.07, 6.45) is 0.267. The van der Waals surface area contributed by atoms with Gasteiger partial charge in [0.05, 0.1) is 19.8 Å². The minimum absolute atomic E-state index is 0.00244. The first-order chi connectivity index (χ1) is 10.4. The van der Waals surface area contributed by atoms with E-state index in [0.717, 1.165) is 0 Å². The van der Waals surface area contributed by atoms with Gasteiger partial charge in [0.1, 0.15) is 25.2 Å². The van der Waals surface area contributed by atoms with Crippen molar-refractivity contribution in [3.63, 3.8) is 0 Å². The lowest BCUT2D eigenvalue weighted by atomic mass is 9.87. The number of Topliss-reactive ketones (excluding diaryl/α,β-unsaturated/α-hetero) is 1. The summed E-state index contributed by atoms with van der Waals surface area (Å²) in [6.45, 7) is 2.77. The molecule has 0 fully saturated rings. The summed E-state index contributed by atoms with van der Waals surface area (Å²) in [6, 6.07) is 0. The van der Waals surface area contributed by atoms with Crippen molar-refractivity contribution in [3.05, 3.63) is 0 Å². The second kappa shape index (κ2) is 11.1. The molecule has 0 aromatic rings. The number of rotatable bonds is 13. The highest BCUT2D eigenvalue weighted by molar-refractivity contribution is 5.77. The predicted octanol–water partition coefficient (Wildman–Crippen LogP) is 0.279. The molecule has 0 saturated heterocycles. The summed E-state index contributed by atoms with van der Waals surface area (Å²) in [7, 11) is 1.39. The van der Waals surface area contributed by atoms with Gasteiger partial charge in [0.15, 0.2) is 5.78 Å². The number of hydrogen-bond donors (Lipinski definition) is 1. The maximum Gasteiger partial charge on any atom is 0.332 e. The Balaban J connectivity index is 4.00. The van der Waals surface area contributed by atoms with Crippen LogP contribution < -0.4 is 0 Å². The molecule has 128 valence electrons. The molecule has 0 rings (SSSR count). The lowest BCUT2D eigenvalue weighted by molar-refractivity contribution is -0.165. The molecule has 0 heterocycles. The minimum Gasteiger partial charge on any atom is -0.481 e. The van der Waals surface area contributed by atoms with Crippen molar-refractivity contribution in [3.8, 4) is 0 Å². The van der Waals surface area contributed by atoms with Crippen LogP contribution in [0.1, 0.15) is 20.3 Å². The molecule has 1 unspecified atom stereocenters. The quantitative estimate of drug-likeness (QED) is 0.381. The first kappa shape index (κ1) is 20.5. The van der Waals surface area contributed by atoms with Gasteiger partial charge in [-0.2, -0.15) is 0 Å². The first-order valence-corrected chi connectivity index (χ1v) is 6.91. The fourth-order valence-corrected chi connectivity index (χ4v) is 1.55. The van der Waals surface area contributed by atoms with E-state index in [-0.39, 0.29) is 51.8 Å². The van der Waals surface area contributed by atoms with Gasteiger partial charge in [-0.25, -0.2) is 4.79 Å². The number of carboxylic acids is 1. The molecule has 0 aliphatic rings. The summed E-state index contributed by atoms with van der Waals surface area (Å²) >= 11 is 0. The molecule has 1 N–H and O–H groups in total. The van der Waals surface area contributed by atoms with Gasteiger partial charge in [-0.05, 0) is 13.3 Å². The normalized spacial score (nSPS) is 13.4. The number of carbonyl (C=O) groups excluding carboxylic acids is 2. The molecule has 22 heavy (non-hydrogen) atoms. The lowest BCUT2D eigenvalue weighted by Crippen LogP contribution is -2.40. The molecule has 0 radical (unpaired) electrons. The van der Waals surface area contributed by atoms with E-state index in [4.69, 9.17) is 18.9 Å². The van der Waals surface area contributed by atoms with Gasteiger partial charge in [-0.1, -0.05) is 6.92 Å². The average Bonchev–Trinajstić information content (AvgIpc) is 2.46. The summed E-state index contributed by atoms with van der Waals surface area (Å²) in [5.74, 6) is -1.84. The third-order valence-electron chi connectivity index (χ3n) is 2.96. The number of methoxy groups -OCH3 is 1. The van der Waals surface area contributed by atoms with Crippen molar-refractivity contribution >= 4 is 17.7 Å².